The Morgan fingerprint density at radius 2 is 1.61 bits per heavy atom. The predicted molar refractivity (Wildman–Crippen MR) is 121 cm³/mol. The van der Waals surface area contributed by atoms with Crippen LogP contribution >= 0.6 is 0 Å². The van der Waals surface area contributed by atoms with Gasteiger partial charge in [-0.25, -0.2) is 0 Å². The van der Waals surface area contributed by atoms with E-state index in [1.807, 2.05) is 65.0 Å². The lowest BCUT2D eigenvalue weighted by Gasteiger charge is -2.27. The average Bonchev–Trinajstić information content (AvgIpc) is 2.68. The monoisotopic (exact) mass is 434 g/mol. The molecule has 0 aliphatic heterocycles. The van der Waals surface area contributed by atoms with Gasteiger partial charge < -0.3 is 26.8 Å². The van der Waals surface area contributed by atoms with Crippen LogP contribution < -0.4 is 21.7 Å². The van der Waals surface area contributed by atoms with Crippen molar-refractivity contribution in [3.63, 3.8) is 0 Å². The van der Waals surface area contributed by atoms with E-state index in [-0.39, 0.29) is 48.6 Å². The van der Waals surface area contributed by atoms with E-state index >= 15 is 0 Å². The van der Waals surface area contributed by atoms with E-state index in [2.05, 4.69) is 16.0 Å². The molecule has 0 saturated carbocycles. The van der Waals surface area contributed by atoms with Crippen molar-refractivity contribution in [1.29, 1.82) is 0 Å². The Hall–Kier alpha value is -2.45. The van der Waals surface area contributed by atoms with Crippen molar-refractivity contribution < 1.29 is 19.5 Å². The van der Waals surface area contributed by atoms with Gasteiger partial charge in [0.05, 0.1) is 18.2 Å². The Morgan fingerprint density at radius 1 is 1.03 bits per heavy atom. The molecule has 0 radical (unpaired) electrons. The van der Waals surface area contributed by atoms with E-state index in [1.165, 1.54) is 0 Å². The van der Waals surface area contributed by atoms with Gasteiger partial charge in [-0.3, -0.25) is 14.4 Å². The number of hydrogen-bond donors (Lipinski definition) is 5. The molecular formula is C23H38N4O4. The van der Waals surface area contributed by atoms with Gasteiger partial charge in [-0.15, -0.1) is 0 Å². The zero-order chi connectivity index (χ0) is 23.6. The lowest BCUT2D eigenvalue weighted by molar-refractivity contribution is -0.127. The Bertz CT molecular complexity index is 716. The predicted octanol–water partition coefficient (Wildman–Crippen LogP) is 0.869. The third kappa shape index (κ3) is 10.9. The highest BCUT2D eigenvalue weighted by molar-refractivity contribution is 5.84. The van der Waals surface area contributed by atoms with E-state index in [1.54, 1.807) is 0 Å². The van der Waals surface area contributed by atoms with Crippen molar-refractivity contribution in [2.75, 3.05) is 6.54 Å². The summed E-state index contributed by atoms with van der Waals surface area (Å²) in [5.41, 5.74) is 6.52. The summed E-state index contributed by atoms with van der Waals surface area (Å²) in [7, 11) is 0. The maximum atomic E-state index is 12.4. The smallest absolute Gasteiger partial charge is 0.237 e. The van der Waals surface area contributed by atoms with Crippen LogP contribution in [-0.2, 0) is 20.8 Å². The molecule has 0 aliphatic rings. The number of nitrogens with two attached hydrogens (primary N) is 1. The first kappa shape index (κ1) is 26.6. The minimum absolute atomic E-state index is 0.0164. The van der Waals surface area contributed by atoms with Crippen molar-refractivity contribution in [3.8, 4) is 0 Å². The van der Waals surface area contributed by atoms with E-state index < -0.39 is 18.2 Å². The van der Waals surface area contributed by atoms with Gasteiger partial charge in [-0.1, -0.05) is 44.2 Å². The molecule has 0 heterocycles. The zero-order valence-electron chi connectivity index (χ0n) is 19.3. The second-order valence-electron chi connectivity index (χ2n) is 9.24. The van der Waals surface area contributed by atoms with Crippen LogP contribution in [0.15, 0.2) is 30.3 Å². The third-order valence-electron chi connectivity index (χ3n) is 4.71. The van der Waals surface area contributed by atoms with E-state index in [4.69, 9.17) is 5.73 Å². The van der Waals surface area contributed by atoms with E-state index in [0.29, 0.717) is 6.42 Å². The Balaban J connectivity index is 2.65. The van der Waals surface area contributed by atoms with Gasteiger partial charge in [0.15, 0.2) is 0 Å². The maximum absolute atomic E-state index is 12.4. The highest BCUT2D eigenvalue weighted by atomic mass is 16.3. The fourth-order valence-corrected chi connectivity index (χ4v) is 2.89. The van der Waals surface area contributed by atoms with Gasteiger partial charge in [0.25, 0.3) is 0 Å². The number of nitrogens with one attached hydrogen (secondary N) is 3. The van der Waals surface area contributed by atoms with Crippen LogP contribution in [0.5, 0.6) is 0 Å². The zero-order valence-corrected chi connectivity index (χ0v) is 19.3. The number of carbonyl (C=O) groups is 3. The molecule has 0 aliphatic carbocycles. The summed E-state index contributed by atoms with van der Waals surface area (Å²) in [6, 6.07) is 8.14. The summed E-state index contributed by atoms with van der Waals surface area (Å²) in [5.74, 6) is -0.944. The fourth-order valence-electron chi connectivity index (χ4n) is 2.89. The number of aliphatic hydroxyl groups is 1. The largest absolute Gasteiger partial charge is 0.389 e. The Morgan fingerprint density at radius 3 is 2.16 bits per heavy atom. The minimum Gasteiger partial charge on any atom is -0.389 e. The molecular weight excluding hydrogens is 396 g/mol. The van der Waals surface area contributed by atoms with Crippen molar-refractivity contribution >= 4 is 17.7 Å². The molecule has 0 aromatic heterocycles. The Labute approximate surface area is 185 Å². The highest BCUT2D eigenvalue weighted by Crippen LogP contribution is 2.08. The molecule has 1 rings (SSSR count). The minimum atomic E-state index is -1.02. The summed E-state index contributed by atoms with van der Waals surface area (Å²) in [6.07, 6.45) is -0.548. The van der Waals surface area contributed by atoms with Gasteiger partial charge in [-0.05, 0) is 38.7 Å². The van der Waals surface area contributed by atoms with E-state index in [0.717, 1.165) is 5.56 Å². The molecule has 0 saturated heterocycles. The first-order valence-corrected chi connectivity index (χ1v) is 10.7. The van der Waals surface area contributed by atoms with Crippen molar-refractivity contribution in [2.24, 2.45) is 11.7 Å². The molecule has 1 aromatic carbocycles. The molecule has 0 unspecified atom stereocenters. The summed E-state index contributed by atoms with van der Waals surface area (Å²) < 4.78 is 0. The molecule has 6 N–H and O–H groups in total. The van der Waals surface area contributed by atoms with Crippen LogP contribution in [0.25, 0.3) is 0 Å². The van der Waals surface area contributed by atoms with Crippen LogP contribution in [0.1, 0.15) is 53.0 Å². The molecule has 3 atom stereocenters. The highest BCUT2D eigenvalue weighted by Gasteiger charge is 2.26. The number of carbonyl (C=O) groups excluding carboxylic acids is 3. The fraction of sp³-hybridized carbons (Fsp3) is 0.609. The number of amides is 3. The lowest BCUT2D eigenvalue weighted by atomic mass is 9.99. The molecule has 8 heteroatoms. The van der Waals surface area contributed by atoms with Crippen LogP contribution in [0.3, 0.4) is 0 Å². The summed E-state index contributed by atoms with van der Waals surface area (Å²) in [6.45, 7) is 9.26. The Kier molecular flexibility index (Phi) is 10.6. The first-order valence-electron chi connectivity index (χ1n) is 10.7. The molecule has 3 amide bonds. The summed E-state index contributed by atoms with van der Waals surface area (Å²) in [5, 5.41) is 18.9. The second kappa shape index (κ2) is 12.4. The molecule has 0 spiro atoms. The van der Waals surface area contributed by atoms with Gasteiger partial charge >= 0.3 is 0 Å². The average molecular weight is 435 g/mol. The van der Waals surface area contributed by atoms with Crippen LogP contribution in [0, 0.1) is 5.92 Å². The molecule has 8 nitrogen and oxygen atoms in total. The topological polar surface area (TPSA) is 134 Å². The summed E-state index contributed by atoms with van der Waals surface area (Å²) in [4.78, 5) is 36.4. The molecule has 1 aromatic rings. The van der Waals surface area contributed by atoms with Gasteiger partial charge in [0.2, 0.25) is 17.7 Å². The lowest BCUT2D eigenvalue weighted by Crippen LogP contribution is -2.54. The molecule has 0 fully saturated rings. The van der Waals surface area contributed by atoms with Crippen LogP contribution in [0.4, 0.5) is 0 Å². The quantitative estimate of drug-likeness (QED) is 0.352. The third-order valence-corrected chi connectivity index (χ3v) is 4.71. The van der Waals surface area contributed by atoms with Crippen LogP contribution in [0.2, 0.25) is 0 Å². The number of benzene rings is 1. The molecule has 31 heavy (non-hydrogen) atoms. The number of hydrogen-bond acceptors (Lipinski definition) is 5. The van der Waals surface area contributed by atoms with Crippen molar-refractivity contribution in [2.45, 2.75) is 77.6 Å². The first-order chi connectivity index (χ1) is 14.4. The number of rotatable bonds is 11. The number of aliphatic hydroxyl groups excluding tert-OH is 1. The van der Waals surface area contributed by atoms with Gasteiger partial charge in [0, 0.05) is 24.9 Å². The van der Waals surface area contributed by atoms with Crippen LogP contribution in [-0.4, -0.2) is 53.1 Å². The van der Waals surface area contributed by atoms with Gasteiger partial charge in [0.1, 0.15) is 0 Å². The standard InChI is InChI=1S/C23H38N4O4/c1-15(2)21(24)22(31)26-17(13-16-9-7-6-8-10-16)18(28)14-25-19(29)11-12-20(30)27-23(3,4)5/h6-10,15,17-18,21,28H,11-14,24H2,1-5H3,(H,25,29)(H,26,31)(H,27,30)/t17-,18+,21-/m0/s1. The van der Waals surface area contributed by atoms with Gasteiger partial charge in [-0.2, -0.15) is 0 Å². The summed E-state index contributed by atoms with van der Waals surface area (Å²) >= 11 is 0. The van der Waals surface area contributed by atoms with E-state index in [9.17, 15) is 19.5 Å². The molecule has 174 valence electrons. The molecule has 0 bridgehead atoms. The maximum Gasteiger partial charge on any atom is 0.237 e. The van der Waals surface area contributed by atoms with Crippen molar-refractivity contribution in [1.82, 2.24) is 16.0 Å². The second-order valence-corrected chi connectivity index (χ2v) is 9.24. The normalized spacial score (nSPS) is 14.5. The van der Waals surface area contributed by atoms with Crippen molar-refractivity contribution in [3.05, 3.63) is 35.9 Å². The SMILES string of the molecule is CC(C)[C@H](N)C(=O)N[C@@H](Cc1ccccc1)[C@H](O)CNC(=O)CCC(=O)NC(C)(C)C.